The summed E-state index contributed by atoms with van der Waals surface area (Å²) >= 11 is 1.26. The van der Waals surface area contributed by atoms with E-state index in [0.29, 0.717) is 24.0 Å². The minimum Gasteiger partial charge on any atom is -0.356 e. The predicted octanol–water partition coefficient (Wildman–Crippen LogP) is 3.52. The van der Waals surface area contributed by atoms with E-state index in [9.17, 15) is 14.4 Å². The summed E-state index contributed by atoms with van der Waals surface area (Å²) < 4.78 is 0. The molecule has 4 rings (SSSR count). The number of unbranched alkanes of at least 4 members (excludes halogenated alkanes) is 1. The first-order chi connectivity index (χ1) is 16.6. The molecule has 1 aromatic carbocycles. The molecule has 1 aromatic rings. The largest absolute Gasteiger partial charge is 0.356 e. The van der Waals surface area contributed by atoms with Crippen molar-refractivity contribution in [2.45, 2.75) is 76.8 Å². The van der Waals surface area contributed by atoms with E-state index in [4.69, 9.17) is 4.99 Å². The Morgan fingerprint density at radius 2 is 1.94 bits per heavy atom. The fraction of sp³-hybridized carbons (Fsp3) is 0.560. The van der Waals surface area contributed by atoms with Gasteiger partial charge in [-0.3, -0.25) is 19.4 Å². The number of rotatable bonds is 9. The van der Waals surface area contributed by atoms with Crippen molar-refractivity contribution in [3.8, 4) is 0 Å². The van der Waals surface area contributed by atoms with Gasteiger partial charge >= 0.3 is 0 Å². The van der Waals surface area contributed by atoms with Gasteiger partial charge in [0.05, 0.1) is 11.4 Å². The van der Waals surface area contributed by atoms with E-state index in [1.807, 2.05) is 24.3 Å². The van der Waals surface area contributed by atoms with E-state index < -0.39 is 6.04 Å². The molecule has 9 heteroatoms. The van der Waals surface area contributed by atoms with Crippen molar-refractivity contribution in [1.82, 2.24) is 15.5 Å². The minimum absolute atomic E-state index is 0.0381. The summed E-state index contributed by atoms with van der Waals surface area (Å²) in [7, 11) is 0. The van der Waals surface area contributed by atoms with Crippen molar-refractivity contribution in [2.24, 2.45) is 9.98 Å². The zero-order valence-electron chi connectivity index (χ0n) is 19.7. The summed E-state index contributed by atoms with van der Waals surface area (Å²) in [6.45, 7) is 2.72. The zero-order valence-corrected chi connectivity index (χ0v) is 20.5. The van der Waals surface area contributed by atoms with Crippen LogP contribution in [-0.2, 0) is 14.4 Å². The van der Waals surface area contributed by atoms with E-state index in [2.05, 4.69) is 22.5 Å². The first kappa shape index (κ1) is 24.4. The molecule has 2 heterocycles. The number of fused-ring (bicyclic) bond motifs is 3. The Labute approximate surface area is 205 Å². The van der Waals surface area contributed by atoms with Gasteiger partial charge in [0.15, 0.2) is 5.17 Å². The molecule has 2 N–H and O–H groups in total. The van der Waals surface area contributed by atoms with Gasteiger partial charge in [-0.2, -0.15) is 0 Å². The second kappa shape index (κ2) is 11.6. The van der Waals surface area contributed by atoms with Crippen molar-refractivity contribution in [2.75, 3.05) is 12.3 Å². The Bertz CT molecular complexity index is 987. The lowest BCUT2D eigenvalue weighted by molar-refractivity contribution is -0.125. The molecule has 1 unspecified atom stereocenters. The van der Waals surface area contributed by atoms with Crippen LogP contribution in [0.15, 0.2) is 34.3 Å². The normalized spacial score (nSPS) is 19.7. The lowest BCUT2D eigenvalue weighted by Crippen LogP contribution is -2.42. The molecule has 2 aliphatic heterocycles. The average molecular weight is 484 g/mol. The van der Waals surface area contributed by atoms with E-state index >= 15 is 0 Å². The number of para-hydroxylation sites is 1. The molecule has 1 saturated carbocycles. The quantitative estimate of drug-likeness (QED) is 0.525. The highest BCUT2D eigenvalue weighted by Crippen LogP contribution is 2.34. The van der Waals surface area contributed by atoms with Gasteiger partial charge in [-0.1, -0.05) is 56.5 Å². The van der Waals surface area contributed by atoms with Crippen LogP contribution in [0.25, 0.3) is 0 Å². The van der Waals surface area contributed by atoms with Crippen molar-refractivity contribution in [1.29, 1.82) is 0 Å². The Hall–Kier alpha value is -2.68. The van der Waals surface area contributed by atoms with Crippen LogP contribution in [0.3, 0.4) is 0 Å². The predicted molar refractivity (Wildman–Crippen MR) is 135 cm³/mol. The second-order valence-corrected chi connectivity index (χ2v) is 9.93. The third-order valence-electron chi connectivity index (χ3n) is 6.35. The average Bonchev–Trinajstić information content (AvgIpc) is 3.18. The molecule has 0 aromatic heterocycles. The highest BCUT2D eigenvalue weighted by molar-refractivity contribution is 8.14. The SMILES string of the molecule is CCCCNC(=O)CCC1N=C2c3ccccc3N=C(SCC(=O)NC3CCCCC3)N2C1=O. The fourth-order valence-corrected chi connectivity index (χ4v) is 5.31. The van der Waals surface area contributed by atoms with E-state index in [0.717, 1.165) is 49.8 Å². The smallest absolute Gasteiger partial charge is 0.259 e. The molecule has 0 saturated heterocycles. The number of hydrogen-bond acceptors (Lipinski definition) is 6. The zero-order chi connectivity index (χ0) is 23.9. The fourth-order valence-electron chi connectivity index (χ4n) is 4.49. The third kappa shape index (κ3) is 5.87. The number of aliphatic imine (C=N–C) groups is 2. The first-order valence-corrected chi connectivity index (χ1v) is 13.3. The molecule has 8 nitrogen and oxygen atoms in total. The topological polar surface area (TPSA) is 103 Å². The van der Waals surface area contributed by atoms with Crippen LogP contribution >= 0.6 is 11.8 Å². The number of amidine groups is 2. The summed E-state index contributed by atoms with van der Waals surface area (Å²) in [5, 5.41) is 6.48. The van der Waals surface area contributed by atoms with Crippen molar-refractivity contribution >= 4 is 46.2 Å². The molecule has 182 valence electrons. The van der Waals surface area contributed by atoms with Gasteiger partial charge in [-0.15, -0.1) is 0 Å². The number of hydrogen-bond donors (Lipinski definition) is 2. The second-order valence-electron chi connectivity index (χ2n) is 8.99. The summed E-state index contributed by atoms with van der Waals surface area (Å²) in [4.78, 5) is 48.9. The maximum Gasteiger partial charge on any atom is 0.259 e. The molecule has 3 aliphatic rings. The molecular formula is C25H33N5O3S. The summed E-state index contributed by atoms with van der Waals surface area (Å²) in [5.74, 6) is 0.462. The highest BCUT2D eigenvalue weighted by Gasteiger charge is 2.41. The van der Waals surface area contributed by atoms with Gasteiger partial charge in [0.25, 0.3) is 5.91 Å². The van der Waals surface area contributed by atoms with Gasteiger partial charge < -0.3 is 10.6 Å². The van der Waals surface area contributed by atoms with Crippen LogP contribution in [0.4, 0.5) is 5.69 Å². The van der Waals surface area contributed by atoms with Gasteiger partial charge in [-0.25, -0.2) is 9.89 Å². The number of nitrogens with one attached hydrogen (secondary N) is 2. The van der Waals surface area contributed by atoms with Crippen molar-refractivity contribution < 1.29 is 14.4 Å². The summed E-state index contributed by atoms with van der Waals surface area (Å²) in [6, 6.07) is 7.19. The van der Waals surface area contributed by atoms with Gasteiger partial charge in [0, 0.05) is 24.6 Å². The standard InChI is InChI=1S/C25H33N5O3S/c1-2-3-15-26-21(31)14-13-20-24(33)30-23(28-20)18-11-7-8-12-19(18)29-25(30)34-16-22(32)27-17-9-5-4-6-10-17/h7-8,11-12,17,20H,2-6,9-10,13-16H2,1H3,(H,26,31)(H,27,32). The van der Waals surface area contributed by atoms with Gasteiger partial charge in [0.1, 0.15) is 11.9 Å². The van der Waals surface area contributed by atoms with E-state index in [1.54, 1.807) is 0 Å². The molecular weight excluding hydrogens is 450 g/mol. The maximum absolute atomic E-state index is 13.3. The first-order valence-electron chi connectivity index (χ1n) is 12.4. The third-order valence-corrected chi connectivity index (χ3v) is 7.29. The van der Waals surface area contributed by atoms with Crippen LogP contribution in [0, 0.1) is 0 Å². The van der Waals surface area contributed by atoms with Crippen LogP contribution in [0.1, 0.15) is 70.3 Å². The maximum atomic E-state index is 13.3. The van der Waals surface area contributed by atoms with Crippen LogP contribution in [-0.4, -0.2) is 58.0 Å². The van der Waals surface area contributed by atoms with E-state index in [1.165, 1.54) is 23.1 Å². The molecule has 34 heavy (non-hydrogen) atoms. The minimum atomic E-state index is -0.625. The molecule has 0 spiro atoms. The lowest BCUT2D eigenvalue weighted by atomic mass is 9.95. The van der Waals surface area contributed by atoms with Gasteiger partial charge in [0.2, 0.25) is 11.8 Å². The molecule has 1 fully saturated rings. The summed E-state index contributed by atoms with van der Waals surface area (Å²) in [6.07, 6.45) is 8.14. The van der Waals surface area contributed by atoms with Crippen LogP contribution < -0.4 is 10.6 Å². The Kier molecular flexibility index (Phi) is 8.37. The molecule has 3 amide bonds. The number of carbonyl (C=O) groups excluding carboxylic acids is 3. The number of nitrogens with zero attached hydrogens (tertiary/aromatic N) is 3. The van der Waals surface area contributed by atoms with Crippen molar-refractivity contribution in [3.05, 3.63) is 29.8 Å². The molecule has 1 atom stereocenters. The molecule has 0 bridgehead atoms. The number of carbonyl (C=O) groups is 3. The Morgan fingerprint density at radius 1 is 1.15 bits per heavy atom. The highest BCUT2D eigenvalue weighted by atomic mass is 32.2. The van der Waals surface area contributed by atoms with E-state index in [-0.39, 0.29) is 35.9 Å². The van der Waals surface area contributed by atoms with Crippen LogP contribution in [0.5, 0.6) is 0 Å². The summed E-state index contributed by atoms with van der Waals surface area (Å²) in [5.41, 5.74) is 1.53. The Balaban J connectivity index is 1.42. The van der Waals surface area contributed by atoms with Gasteiger partial charge in [-0.05, 0) is 37.8 Å². The molecule has 0 radical (unpaired) electrons. The lowest BCUT2D eigenvalue weighted by Gasteiger charge is -2.26. The van der Waals surface area contributed by atoms with Crippen molar-refractivity contribution in [3.63, 3.8) is 0 Å². The monoisotopic (exact) mass is 483 g/mol. The Morgan fingerprint density at radius 3 is 2.74 bits per heavy atom. The number of thioether (sulfide) groups is 1. The molecule has 1 aliphatic carbocycles. The number of benzene rings is 1. The number of amides is 3. The van der Waals surface area contributed by atoms with Crippen LogP contribution in [0.2, 0.25) is 0 Å².